The third-order valence-corrected chi connectivity index (χ3v) is 9.23. The zero-order valence-electron chi connectivity index (χ0n) is 22.8. The summed E-state index contributed by atoms with van der Waals surface area (Å²) in [6, 6.07) is 22.8. The molecule has 0 saturated heterocycles. The second kappa shape index (κ2) is 12.2. The second-order valence-corrected chi connectivity index (χ2v) is 13.1. The SMILES string of the molecule is CC(C)(C)[C@@H]1CCc2c(sc(N=Cc3ccc(OCc4ccc(Cl)c(Cl)c4)cc3)c2C(=O)Nc2ccccc2)C1. The van der Waals surface area contributed by atoms with E-state index in [1.165, 1.54) is 4.88 Å². The van der Waals surface area contributed by atoms with Gasteiger partial charge < -0.3 is 10.1 Å². The van der Waals surface area contributed by atoms with Crippen molar-refractivity contribution in [3.05, 3.63) is 110 Å². The summed E-state index contributed by atoms with van der Waals surface area (Å²) in [6.45, 7) is 7.30. The number of carbonyl (C=O) groups is 1. The fourth-order valence-corrected chi connectivity index (χ4v) is 6.52. The lowest BCUT2D eigenvalue weighted by atomic mass is 9.72. The van der Waals surface area contributed by atoms with E-state index in [1.807, 2.05) is 66.9 Å². The second-order valence-electron chi connectivity index (χ2n) is 11.2. The summed E-state index contributed by atoms with van der Waals surface area (Å²) in [6.07, 6.45) is 4.77. The summed E-state index contributed by atoms with van der Waals surface area (Å²) in [5.41, 5.74) is 4.72. The molecule has 3 aromatic carbocycles. The minimum atomic E-state index is -0.101. The van der Waals surface area contributed by atoms with Crippen molar-refractivity contribution < 1.29 is 9.53 Å². The number of benzene rings is 3. The van der Waals surface area contributed by atoms with Crippen molar-refractivity contribution in [1.82, 2.24) is 0 Å². The van der Waals surface area contributed by atoms with Gasteiger partial charge in [-0.25, -0.2) is 4.99 Å². The van der Waals surface area contributed by atoms with Crippen LogP contribution in [0.25, 0.3) is 0 Å². The number of fused-ring (bicyclic) bond motifs is 1. The zero-order chi connectivity index (χ0) is 28.3. The van der Waals surface area contributed by atoms with Gasteiger partial charge in [0.2, 0.25) is 0 Å². The molecule has 1 N–H and O–H groups in total. The Morgan fingerprint density at radius 1 is 1.05 bits per heavy atom. The largest absolute Gasteiger partial charge is 0.489 e. The Bertz CT molecular complexity index is 1520. The van der Waals surface area contributed by atoms with E-state index in [0.29, 0.717) is 28.1 Å². The van der Waals surface area contributed by atoms with E-state index < -0.39 is 0 Å². The number of carbonyl (C=O) groups excluding carboxylic acids is 1. The van der Waals surface area contributed by atoms with Gasteiger partial charge in [-0.1, -0.05) is 68.2 Å². The van der Waals surface area contributed by atoms with Crippen molar-refractivity contribution in [2.45, 2.75) is 46.6 Å². The molecule has 1 atom stereocenters. The molecule has 1 heterocycles. The predicted octanol–water partition coefficient (Wildman–Crippen LogP) is 9.79. The van der Waals surface area contributed by atoms with Crippen molar-refractivity contribution >= 4 is 57.3 Å². The Kier molecular flexibility index (Phi) is 8.65. The molecule has 1 amide bonds. The number of nitrogens with zero attached hydrogens (tertiary/aromatic N) is 1. The number of nitrogens with one attached hydrogen (secondary N) is 1. The summed E-state index contributed by atoms with van der Waals surface area (Å²) in [5.74, 6) is 1.22. The molecule has 40 heavy (non-hydrogen) atoms. The number of hydrogen-bond acceptors (Lipinski definition) is 4. The van der Waals surface area contributed by atoms with Crippen LogP contribution in [0.3, 0.4) is 0 Å². The number of para-hydroxylation sites is 1. The molecule has 5 rings (SSSR count). The molecule has 0 spiro atoms. The molecule has 0 unspecified atom stereocenters. The topological polar surface area (TPSA) is 50.7 Å². The molecule has 1 aliphatic rings. The minimum absolute atomic E-state index is 0.101. The van der Waals surface area contributed by atoms with Crippen molar-refractivity contribution in [2.24, 2.45) is 16.3 Å². The highest BCUT2D eigenvalue weighted by atomic mass is 35.5. The van der Waals surface area contributed by atoms with Gasteiger partial charge in [-0.2, -0.15) is 0 Å². The first-order valence-corrected chi connectivity index (χ1v) is 15.0. The van der Waals surface area contributed by atoms with E-state index in [-0.39, 0.29) is 11.3 Å². The van der Waals surface area contributed by atoms with Crippen LogP contribution in [0.2, 0.25) is 10.0 Å². The molecule has 0 fully saturated rings. The Hall–Kier alpha value is -3.12. The van der Waals surface area contributed by atoms with Gasteiger partial charge >= 0.3 is 0 Å². The zero-order valence-corrected chi connectivity index (χ0v) is 25.2. The normalized spacial score (nSPS) is 15.2. The molecule has 1 aliphatic carbocycles. The van der Waals surface area contributed by atoms with Crippen LogP contribution < -0.4 is 10.1 Å². The van der Waals surface area contributed by atoms with Gasteiger partial charge in [0, 0.05) is 16.8 Å². The summed E-state index contributed by atoms with van der Waals surface area (Å²) >= 11 is 13.8. The van der Waals surface area contributed by atoms with E-state index in [0.717, 1.165) is 52.4 Å². The lowest BCUT2D eigenvalue weighted by Crippen LogP contribution is -2.27. The highest BCUT2D eigenvalue weighted by molar-refractivity contribution is 7.16. The van der Waals surface area contributed by atoms with Gasteiger partial charge in [-0.05, 0) is 95.8 Å². The van der Waals surface area contributed by atoms with Gasteiger partial charge in [0.25, 0.3) is 5.91 Å². The number of halogens is 2. The quantitative estimate of drug-likeness (QED) is 0.218. The number of hydrogen-bond donors (Lipinski definition) is 1. The smallest absolute Gasteiger partial charge is 0.259 e. The first-order valence-electron chi connectivity index (χ1n) is 13.4. The fourth-order valence-electron chi connectivity index (χ4n) is 4.93. The summed E-state index contributed by atoms with van der Waals surface area (Å²) in [7, 11) is 0. The van der Waals surface area contributed by atoms with Crippen LogP contribution in [0.4, 0.5) is 10.7 Å². The van der Waals surface area contributed by atoms with Crippen molar-refractivity contribution in [3.8, 4) is 5.75 Å². The van der Waals surface area contributed by atoms with Crippen LogP contribution in [0.5, 0.6) is 5.75 Å². The number of amides is 1. The maximum atomic E-state index is 13.5. The number of aliphatic imine (C=N–C) groups is 1. The maximum Gasteiger partial charge on any atom is 0.259 e. The van der Waals surface area contributed by atoms with Crippen molar-refractivity contribution in [2.75, 3.05) is 5.32 Å². The minimum Gasteiger partial charge on any atom is -0.489 e. The van der Waals surface area contributed by atoms with Crippen LogP contribution in [0, 0.1) is 11.3 Å². The van der Waals surface area contributed by atoms with Crippen molar-refractivity contribution in [1.29, 1.82) is 0 Å². The van der Waals surface area contributed by atoms with E-state index >= 15 is 0 Å². The average molecular weight is 592 g/mol. The summed E-state index contributed by atoms with van der Waals surface area (Å²) in [4.78, 5) is 19.6. The van der Waals surface area contributed by atoms with Crippen LogP contribution in [0.1, 0.15) is 59.1 Å². The molecule has 1 aromatic heterocycles. The standard InChI is InChI=1S/C33H32Cl2N2O2S/c1-33(2,3)23-12-15-26-29(18-23)40-32(30(26)31(38)37-24-7-5-4-6-8-24)36-19-21-9-13-25(14-10-21)39-20-22-11-16-27(34)28(35)17-22/h4-11,13-14,16-17,19,23H,12,15,18,20H2,1-3H3,(H,37,38)/t23-/m1/s1. The lowest BCUT2D eigenvalue weighted by Gasteiger charge is -2.33. The molecular weight excluding hydrogens is 559 g/mol. The average Bonchev–Trinajstić information content (AvgIpc) is 3.31. The van der Waals surface area contributed by atoms with Crippen molar-refractivity contribution in [3.63, 3.8) is 0 Å². The van der Waals surface area contributed by atoms with Gasteiger partial charge in [-0.3, -0.25) is 4.79 Å². The first-order chi connectivity index (χ1) is 19.2. The van der Waals surface area contributed by atoms with Crippen LogP contribution in [0.15, 0.2) is 77.8 Å². The fraction of sp³-hybridized carbons (Fsp3) is 0.273. The molecule has 0 saturated carbocycles. The molecule has 0 bridgehead atoms. The van der Waals surface area contributed by atoms with Gasteiger partial charge in [0.1, 0.15) is 17.4 Å². The summed E-state index contributed by atoms with van der Waals surface area (Å²) in [5, 5.41) is 4.87. The number of rotatable bonds is 7. The highest BCUT2D eigenvalue weighted by Gasteiger charge is 2.33. The molecule has 4 nitrogen and oxygen atoms in total. The number of thiophene rings is 1. The number of anilines is 1. The molecule has 0 aliphatic heterocycles. The molecule has 206 valence electrons. The van der Waals surface area contributed by atoms with E-state index in [1.54, 1.807) is 23.5 Å². The maximum absolute atomic E-state index is 13.5. The van der Waals surface area contributed by atoms with E-state index in [2.05, 4.69) is 26.1 Å². The third-order valence-electron chi connectivity index (χ3n) is 7.33. The van der Waals surface area contributed by atoms with Crippen LogP contribution >= 0.6 is 34.5 Å². The van der Waals surface area contributed by atoms with E-state index in [4.69, 9.17) is 32.9 Å². The van der Waals surface area contributed by atoms with Crippen LogP contribution in [-0.4, -0.2) is 12.1 Å². The van der Waals surface area contributed by atoms with E-state index in [9.17, 15) is 4.79 Å². The monoisotopic (exact) mass is 590 g/mol. The Morgan fingerprint density at radius 2 is 1.80 bits per heavy atom. The third kappa shape index (κ3) is 6.77. The molecule has 4 aromatic rings. The van der Waals surface area contributed by atoms with Gasteiger partial charge in [0.05, 0.1) is 15.6 Å². The highest BCUT2D eigenvalue weighted by Crippen LogP contribution is 2.45. The Labute approximate surface area is 250 Å². The van der Waals surface area contributed by atoms with Gasteiger partial charge in [-0.15, -0.1) is 11.3 Å². The molecule has 7 heteroatoms. The predicted molar refractivity (Wildman–Crippen MR) is 168 cm³/mol. The van der Waals surface area contributed by atoms with Crippen LogP contribution in [-0.2, 0) is 19.4 Å². The lowest BCUT2D eigenvalue weighted by molar-refractivity contribution is 0.102. The summed E-state index contributed by atoms with van der Waals surface area (Å²) < 4.78 is 5.91. The molecular formula is C33H32Cl2N2O2S. The Morgan fingerprint density at radius 3 is 2.50 bits per heavy atom. The first kappa shape index (κ1) is 28.4. The van der Waals surface area contributed by atoms with Gasteiger partial charge in [0.15, 0.2) is 0 Å². The molecule has 0 radical (unpaired) electrons. The number of ether oxygens (including phenoxy) is 1. The Balaban J connectivity index is 1.35.